The standard InChI is InChI=1S/C21H24N6O/c1-21(2)10-9-18(16-7-3-4-8-17(16)21)26-20(28)24-12-15-6-5-11-23-19(15)27-14-22-13-25-27/h3-8,11,13-14,18H,9-10,12H2,1-2H3,(H2,24,26,28). The van der Waals surface area contributed by atoms with Crippen molar-refractivity contribution in [2.75, 3.05) is 0 Å². The molecule has 1 aromatic carbocycles. The van der Waals surface area contributed by atoms with E-state index in [4.69, 9.17) is 0 Å². The summed E-state index contributed by atoms with van der Waals surface area (Å²) in [5.41, 5.74) is 3.52. The fourth-order valence-electron chi connectivity index (χ4n) is 3.84. The number of pyridine rings is 1. The smallest absolute Gasteiger partial charge is 0.315 e. The van der Waals surface area contributed by atoms with Crippen molar-refractivity contribution in [2.24, 2.45) is 0 Å². The SMILES string of the molecule is CC1(C)CCC(NC(=O)NCc2cccnc2-n2cncn2)c2ccccc21. The van der Waals surface area contributed by atoms with E-state index in [-0.39, 0.29) is 17.5 Å². The lowest BCUT2D eigenvalue weighted by Crippen LogP contribution is -2.41. The van der Waals surface area contributed by atoms with Crippen LogP contribution in [0.5, 0.6) is 0 Å². The van der Waals surface area contributed by atoms with Crippen LogP contribution in [-0.2, 0) is 12.0 Å². The predicted molar refractivity (Wildman–Crippen MR) is 106 cm³/mol. The Morgan fingerprint density at radius 1 is 1.25 bits per heavy atom. The lowest BCUT2D eigenvalue weighted by Gasteiger charge is -2.37. The summed E-state index contributed by atoms with van der Waals surface area (Å²) in [5.74, 6) is 0.657. The van der Waals surface area contributed by atoms with Crippen molar-refractivity contribution in [1.82, 2.24) is 30.4 Å². The summed E-state index contributed by atoms with van der Waals surface area (Å²) in [6.45, 7) is 4.88. The number of hydrogen-bond donors (Lipinski definition) is 2. The number of aromatic nitrogens is 4. The van der Waals surface area contributed by atoms with Gasteiger partial charge in [0.25, 0.3) is 0 Å². The van der Waals surface area contributed by atoms with Crippen LogP contribution in [-0.4, -0.2) is 25.8 Å². The fraction of sp³-hybridized carbons (Fsp3) is 0.333. The normalized spacial score (nSPS) is 17.6. The molecule has 4 rings (SSSR count). The van der Waals surface area contributed by atoms with Gasteiger partial charge in [-0.05, 0) is 35.4 Å². The molecule has 1 aliphatic rings. The van der Waals surface area contributed by atoms with E-state index in [1.54, 1.807) is 17.2 Å². The van der Waals surface area contributed by atoms with Crippen molar-refractivity contribution in [3.8, 4) is 5.82 Å². The third-order valence-electron chi connectivity index (χ3n) is 5.37. The molecule has 0 radical (unpaired) electrons. The molecule has 3 aromatic rings. The van der Waals surface area contributed by atoms with Gasteiger partial charge in [-0.25, -0.2) is 19.4 Å². The molecule has 1 atom stereocenters. The molecule has 2 aromatic heterocycles. The van der Waals surface area contributed by atoms with E-state index in [9.17, 15) is 4.79 Å². The van der Waals surface area contributed by atoms with Gasteiger partial charge in [-0.1, -0.05) is 44.2 Å². The zero-order valence-electron chi connectivity index (χ0n) is 16.1. The third-order valence-corrected chi connectivity index (χ3v) is 5.37. The first kappa shape index (κ1) is 18.2. The Morgan fingerprint density at radius 3 is 2.93 bits per heavy atom. The van der Waals surface area contributed by atoms with Gasteiger partial charge >= 0.3 is 6.03 Å². The van der Waals surface area contributed by atoms with Gasteiger partial charge in [0.2, 0.25) is 0 Å². The zero-order valence-corrected chi connectivity index (χ0v) is 16.1. The monoisotopic (exact) mass is 376 g/mol. The summed E-state index contributed by atoms with van der Waals surface area (Å²) in [4.78, 5) is 20.9. The minimum Gasteiger partial charge on any atom is -0.334 e. The van der Waals surface area contributed by atoms with Gasteiger partial charge < -0.3 is 10.6 Å². The highest BCUT2D eigenvalue weighted by atomic mass is 16.2. The molecular formula is C21H24N6O. The van der Waals surface area contributed by atoms with Crippen LogP contribution in [0.2, 0.25) is 0 Å². The summed E-state index contributed by atoms with van der Waals surface area (Å²) >= 11 is 0. The topological polar surface area (TPSA) is 84.7 Å². The van der Waals surface area contributed by atoms with E-state index in [2.05, 4.69) is 57.7 Å². The van der Waals surface area contributed by atoms with Crippen molar-refractivity contribution in [1.29, 1.82) is 0 Å². The second-order valence-electron chi connectivity index (χ2n) is 7.72. The molecule has 7 nitrogen and oxygen atoms in total. The maximum atomic E-state index is 12.6. The average Bonchev–Trinajstić information content (AvgIpc) is 3.24. The largest absolute Gasteiger partial charge is 0.334 e. The number of urea groups is 1. The molecule has 1 unspecified atom stereocenters. The Labute approximate surface area is 164 Å². The number of benzene rings is 1. The molecule has 144 valence electrons. The van der Waals surface area contributed by atoms with E-state index in [1.807, 2.05) is 18.2 Å². The molecule has 0 spiro atoms. The number of hydrogen-bond acceptors (Lipinski definition) is 4. The van der Waals surface area contributed by atoms with Crippen LogP contribution in [0.1, 0.15) is 49.4 Å². The second-order valence-corrected chi connectivity index (χ2v) is 7.72. The van der Waals surface area contributed by atoms with E-state index >= 15 is 0 Å². The van der Waals surface area contributed by atoms with E-state index in [1.165, 1.54) is 17.5 Å². The maximum Gasteiger partial charge on any atom is 0.315 e. The van der Waals surface area contributed by atoms with Crippen LogP contribution in [0.25, 0.3) is 5.82 Å². The highest BCUT2D eigenvalue weighted by Crippen LogP contribution is 2.41. The Kier molecular flexibility index (Phi) is 4.81. The van der Waals surface area contributed by atoms with Crippen molar-refractivity contribution in [3.05, 3.63) is 71.9 Å². The summed E-state index contributed by atoms with van der Waals surface area (Å²) in [6, 6.07) is 12.0. The lowest BCUT2D eigenvalue weighted by molar-refractivity contribution is 0.233. The highest BCUT2D eigenvalue weighted by Gasteiger charge is 2.32. The third kappa shape index (κ3) is 3.60. The van der Waals surface area contributed by atoms with Crippen molar-refractivity contribution < 1.29 is 4.79 Å². The number of fused-ring (bicyclic) bond motifs is 1. The van der Waals surface area contributed by atoms with Gasteiger partial charge in [-0.3, -0.25) is 0 Å². The van der Waals surface area contributed by atoms with E-state index in [0.717, 1.165) is 18.4 Å². The van der Waals surface area contributed by atoms with Crippen LogP contribution in [0.15, 0.2) is 55.2 Å². The summed E-state index contributed by atoms with van der Waals surface area (Å²) in [5, 5.41) is 10.2. The van der Waals surface area contributed by atoms with Gasteiger partial charge in [-0.15, -0.1) is 0 Å². The molecule has 2 heterocycles. The average molecular weight is 376 g/mol. The molecule has 28 heavy (non-hydrogen) atoms. The number of carbonyl (C=O) groups excluding carboxylic acids is 1. The summed E-state index contributed by atoms with van der Waals surface area (Å²) < 4.78 is 1.59. The Morgan fingerprint density at radius 2 is 2.11 bits per heavy atom. The number of carbonyl (C=O) groups is 1. The Bertz CT molecular complexity index is 967. The molecule has 0 fully saturated rings. The predicted octanol–water partition coefficient (Wildman–Crippen LogP) is 3.27. The van der Waals surface area contributed by atoms with Crippen LogP contribution in [0.3, 0.4) is 0 Å². The first-order chi connectivity index (χ1) is 13.5. The Hall–Kier alpha value is -3.22. The van der Waals surface area contributed by atoms with Gasteiger partial charge in [0.05, 0.1) is 6.04 Å². The Balaban J connectivity index is 1.44. The van der Waals surface area contributed by atoms with Crippen molar-refractivity contribution in [2.45, 2.75) is 44.7 Å². The lowest BCUT2D eigenvalue weighted by atomic mass is 9.71. The number of nitrogens with zero attached hydrogens (tertiary/aromatic N) is 4. The van der Waals surface area contributed by atoms with Crippen LogP contribution >= 0.6 is 0 Å². The second kappa shape index (κ2) is 7.42. The van der Waals surface area contributed by atoms with Gasteiger partial charge in [0.15, 0.2) is 5.82 Å². The zero-order chi connectivity index (χ0) is 19.6. The molecule has 0 aliphatic heterocycles. The van der Waals surface area contributed by atoms with Gasteiger partial charge in [-0.2, -0.15) is 5.10 Å². The minimum atomic E-state index is -0.187. The van der Waals surface area contributed by atoms with Crippen molar-refractivity contribution >= 4 is 6.03 Å². The fourth-order valence-corrected chi connectivity index (χ4v) is 3.84. The van der Waals surface area contributed by atoms with E-state index < -0.39 is 0 Å². The molecule has 1 aliphatic carbocycles. The van der Waals surface area contributed by atoms with Crippen molar-refractivity contribution in [3.63, 3.8) is 0 Å². The molecule has 7 heteroatoms. The molecule has 2 N–H and O–H groups in total. The maximum absolute atomic E-state index is 12.6. The summed E-state index contributed by atoms with van der Waals surface area (Å²) in [6.07, 6.45) is 6.71. The quantitative estimate of drug-likeness (QED) is 0.732. The highest BCUT2D eigenvalue weighted by molar-refractivity contribution is 5.74. The molecule has 0 saturated carbocycles. The number of nitrogens with one attached hydrogen (secondary N) is 2. The molecule has 2 amide bonds. The van der Waals surface area contributed by atoms with Gasteiger partial charge in [0.1, 0.15) is 12.7 Å². The van der Waals surface area contributed by atoms with Gasteiger partial charge in [0, 0.05) is 18.3 Å². The minimum absolute atomic E-state index is 0.0212. The summed E-state index contributed by atoms with van der Waals surface area (Å²) in [7, 11) is 0. The molecular weight excluding hydrogens is 352 g/mol. The first-order valence-corrected chi connectivity index (χ1v) is 9.47. The van der Waals surface area contributed by atoms with Crippen LogP contribution in [0.4, 0.5) is 4.79 Å². The number of amides is 2. The van der Waals surface area contributed by atoms with E-state index in [0.29, 0.717) is 12.4 Å². The number of rotatable bonds is 4. The van der Waals surface area contributed by atoms with Crippen LogP contribution in [0, 0.1) is 0 Å². The molecule has 0 saturated heterocycles. The molecule has 0 bridgehead atoms. The first-order valence-electron chi connectivity index (χ1n) is 9.47. The van der Waals surface area contributed by atoms with Crippen LogP contribution < -0.4 is 10.6 Å².